The van der Waals surface area contributed by atoms with Crippen LogP contribution in [0.25, 0.3) is 0 Å². The van der Waals surface area contributed by atoms with Crippen LogP contribution in [0, 0.1) is 0 Å². The maximum Gasteiger partial charge on any atom is 0.151 e. The summed E-state index contributed by atoms with van der Waals surface area (Å²) in [6.45, 7) is 3.01. The second-order valence-corrected chi connectivity index (χ2v) is 7.83. The van der Waals surface area contributed by atoms with Crippen molar-refractivity contribution in [3.63, 3.8) is 0 Å². The second kappa shape index (κ2) is 11.7. The van der Waals surface area contributed by atoms with Crippen LogP contribution in [0.1, 0.15) is 29.2 Å². The zero-order valence-electron chi connectivity index (χ0n) is 19.3. The molecule has 172 valence electrons. The highest BCUT2D eigenvalue weighted by Crippen LogP contribution is 2.28. The molecule has 0 saturated carbocycles. The zero-order chi connectivity index (χ0) is 23.6. The Kier molecular flexibility index (Phi) is 7.93. The first-order valence-corrected chi connectivity index (χ1v) is 11.4. The average Bonchev–Trinajstić information content (AvgIpc) is 2.91. The lowest BCUT2D eigenvalue weighted by molar-refractivity contribution is 0.289. The molecule has 0 aliphatic rings. The van der Waals surface area contributed by atoms with Gasteiger partial charge in [0.05, 0.1) is 11.3 Å². The van der Waals surface area contributed by atoms with E-state index in [0.29, 0.717) is 30.5 Å². The van der Waals surface area contributed by atoms with Crippen molar-refractivity contribution in [2.24, 2.45) is 10.8 Å². The standard InChI is InChI=1S/C29H29N3O2/c1-2-22-13-15-25(16-14-22)31-29(32-30)27-18-17-26(33-20-23-9-5-3-6-10-23)19-28(27)34-21-24-11-7-4-8-12-24/h3-19H,2,20-21,30H2,1H3,(H,31,32). The summed E-state index contributed by atoms with van der Waals surface area (Å²) in [6, 6.07) is 33.9. The molecule has 4 aromatic rings. The minimum Gasteiger partial charge on any atom is -0.489 e. The van der Waals surface area contributed by atoms with Crippen molar-refractivity contribution in [2.75, 3.05) is 0 Å². The van der Waals surface area contributed by atoms with Gasteiger partial charge >= 0.3 is 0 Å². The largest absolute Gasteiger partial charge is 0.489 e. The third kappa shape index (κ3) is 6.24. The molecule has 0 aromatic heterocycles. The number of nitrogens with one attached hydrogen (secondary N) is 1. The van der Waals surface area contributed by atoms with Gasteiger partial charge in [0.25, 0.3) is 0 Å². The monoisotopic (exact) mass is 451 g/mol. The lowest BCUT2D eigenvalue weighted by atomic mass is 10.1. The van der Waals surface area contributed by atoms with Gasteiger partial charge in [0.15, 0.2) is 5.84 Å². The summed E-state index contributed by atoms with van der Waals surface area (Å²) in [4.78, 5) is 4.72. The molecule has 4 rings (SSSR count). The highest BCUT2D eigenvalue weighted by atomic mass is 16.5. The average molecular weight is 452 g/mol. The first-order valence-electron chi connectivity index (χ1n) is 11.4. The lowest BCUT2D eigenvalue weighted by Gasteiger charge is -2.15. The summed E-state index contributed by atoms with van der Waals surface area (Å²) >= 11 is 0. The van der Waals surface area contributed by atoms with E-state index >= 15 is 0 Å². The Bertz CT molecular complexity index is 1210. The first kappa shape index (κ1) is 23.1. The summed E-state index contributed by atoms with van der Waals surface area (Å²) in [5, 5.41) is 0. The van der Waals surface area contributed by atoms with E-state index in [1.807, 2.05) is 91.0 Å². The predicted octanol–water partition coefficient (Wildman–Crippen LogP) is 5.95. The molecule has 5 heteroatoms. The molecule has 5 nitrogen and oxygen atoms in total. The van der Waals surface area contributed by atoms with Crippen molar-refractivity contribution in [3.8, 4) is 11.5 Å². The highest BCUT2D eigenvalue weighted by Gasteiger charge is 2.13. The Balaban J connectivity index is 1.62. The van der Waals surface area contributed by atoms with E-state index in [4.69, 9.17) is 20.3 Å². The predicted molar refractivity (Wildman–Crippen MR) is 137 cm³/mol. The fourth-order valence-electron chi connectivity index (χ4n) is 3.49. The van der Waals surface area contributed by atoms with Crippen LogP contribution in [0.2, 0.25) is 0 Å². The number of rotatable bonds is 9. The van der Waals surface area contributed by atoms with E-state index in [0.717, 1.165) is 28.8 Å². The van der Waals surface area contributed by atoms with E-state index in [-0.39, 0.29) is 0 Å². The SMILES string of the molecule is CCc1ccc(N=C(NN)c2ccc(OCc3ccccc3)cc2OCc2ccccc2)cc1. The number of benzene rings is 4. The van der Waals surface area contributed by atoms with Gasteiger partial charge in [-0.1, -0.05) is 79.7 Å². The Morgan fingerprint density at radius 1 is 0.735 bits per heavy atom. The van der Waals surface area contributed by atoms with Gasteiger partial charge in [0.2, 0.25) is 0 Å². The van der Waals surface area contributed by atoms with Gasteiger partial charge in [-0.25, -0.2) is 10.8 Å². The molecule has 0 amide bonds. The third-order valence-corrected chi connectivity index (χ3v) is 5.42. The van der Waals surface area contributed by atoms with Crippen LogP contribution >= 0.6 is 0 Å². The van der Waals surface area contributed by atoms with Crippen LogP contribution in [-0.4, -0.2) is 5.84 Å². The molecule has 0 fully saturated rings. The molecule has 0 unspecified atom stereocenters. The minimum absolute atomic E-state index is 0.416. The Hall–Kier alpha value is -4.09. The number of aliphatic imine (C=N–C) groups is 1. The van der Waals surface area contributed by atoms with E-state index in [1.54, 1.807) is 0 Å². The summed E-state index contributed by atoms with van der Waals surface area (Å²) < 4.78 is 12.2. The smallest absolute Gasteiger partial charge is 0.151 e. The van der Waals surface area contributed by atoms with Gasteiger partial charge in [0, 0.05) is 6.07 Å². The minimum atomic E-state index is 0.416. The van der Waals surface area contributed by atoms with E-state index < -0.39 is 0 Å². The van der Waals surface area contributed by atoms with Crippen molar-refractivity contribution in [1.82, 2.24) is 5.43 Å². The van der Waals surface area contributed by atoms with Crippen molar-refractivity contribution in [3.05, 3.63) is 125 Å². The number of amidine groups is 1. The normalized spacial score (nSPS) is 11.2. The van der Waals surface area contributed by atoms with Gasteiger partial charge in [-0.2, -0.15) is 0 Å². The lowest BCUT2D eigenvalue weighted by Crippen LogP contribution is -2.31. The molecule has 3 N–H and O–H groups in total. The maximum atomic E-state index is 6.22. The number of nitrogens with zero attached hydrogens (tertiary/aromatic N) is 1. The van der Waals surface area contributed by atoms with E-state index in [2.05, 4.69) is 24.5 Å². The molecular weight excluding hydrogens is 422 g/mol. The van der Waals surface area contributed by atoms with Crippen LogP contribution < -0.4 is 20.7 Å². The number of aryl methyl sites for hydroxylation is 1. The number of ether oxygens (including phenoxy) is 2. The van der Waals surface area contributed by atoms with Crippen molar-refractivity contribution in [2.45, 2.75) is 26.6 Å². The third-order valence-electron chi connectivity index (χ3n) is 5.42. The second-order valence-electron chi connectivity index (χ2n) is 7.83. The topological polar surface area (TPSA) is 68.9 Å². The van der Waals surface area contributed by atoms with E-state index in [1.165, 1.54) is 5.56 Å². The molecule has 0 aliphatic heterocycles. The molecular formula is C29H29N3O2. The van der Waals surface area contributed by atoms with Gasteiger partial charge < -0.3 is 14.9 Å². The maximum absolute atomic E-state index is 6.22. The van der Waals surface area contributed by atoms with Crippen molar-refractivity contribution >= 4 is 11.5 Å². The summed E-state index contributed by atoms with van der Waals surface area (Å²) in [5.74, 6) is 7.75. The molecule has 0 spiro atoms. The summed E-state index contributed by atoms with van der Waals surface area (Å²) in [6.07, 6.45) is 0.980. The quantitative estimate of drug-likeness (QED) is 0.143. The van der Waals surface area contributed by atoms with E-state index in [9.17, 15) is 0 Å². The number of nitrogens with two attached hydrogens (primary N) is 1. The number of hydrogen-bond acceptors (Lipinski definition) is 4. The summed E-state index contributed by atoms with van der Waals surface area (Å²) in [5.41, 5.74) is 7.73. The van der Waals surface area contributed by atoms with Gasteiger partial charge in [-0.15, -0.1) is 0 Å². The molecule has 0 atom stereocenters. The first-order chi connectivity index (χ1) is 16.7. The Morgan fingerprint density at radius 2 is 1.35 bits per heavy atom. The molecule has 0 saturated heterocycles. The molecule has 0 aliphatic carbocycles. The van der Waals surface area contributed by atoms with Crippen LogP contribution in [0.5, 0.6) is 11.5 Å². The van der Waals surface area contributed by atoms with Crippen molar-refractivity contribution in [1.29, 1.82) is 0 Å². The zero-order valence-corrected chi connectivity index (χ0v) is 19.3. The number of hydrazine groups is 1. The van der Waals surface area contributed by atoms with Crippen molar-refractivity contribution < 1.29 is 9.47 Å². The molecule has 4 aromatic carbocycles. The van der Waals surface area contributed by atoms with Crippen LogP contribution in [0.15, 0.2) is 108 Å². The van der Waals surface area contributed by atoms with Crippen LogP contribution in [-0.2, 0) is 19.6 Å². The summed E-state index contributed by atoms with van der Waals surface area (Å²) in [7, 11) is 0. The van der Waals surface area contributed by atoms with Gasteiger partial charge in [-0.05, 0) is 47.4 Å². The fourth-order valence-corrected chi connectivity index (χ4v) is 3.49. The molecule has 0 bridgehead atoms. The van der Waals surface area contributed by atoms with Crippen LogP contribution in [0.3, 0.4) is 0 Å². The molecule has 0 radical (unpaired) electrons. The molecule has 34 heavy (non-hydrogen) atoms. The van der Waals surface area contributed by atoms with Gasteiger partial charge in [-0.3, -0.25) is 0 Å². The Labute approximate surface area is 200 Å². The van der Waals surface area contributed by atoms with Gasteiger partial charge in [0.1, 0.15) is 24.7 Å². The highest BCUT2D eigenvalue weighted by molar-refractivity contribution is 6.02. The fraction of sp³-hybridized carbons (Fsp3) is 0.138. The number of hydrogen-bond donors (Lipinski definition) is 2. The Morgan fingerprint density at radius 3 is 1.94 bits per heavy atom. The molecule has 0 heterocycles. The van der Waals surface area contributed by atoms with Crippen LogP contribution in [0.4, 0.5) is 5.69 Å².